The molecule has 0 unspecified atom stereocenters. The number of hydrogen-bond acceptors (Lipinski definition) is 4. The average molecular weight is 356 g/mol. The van der Waals surface area contributed by atoms with E-state index in [1.807, 2.05) is 0 Å². The van der Waals surface area contributed by atoms with Crippen LogP contribution >= 0.6 is 11.6 Å². The van der Waals surface area contributed by atoms with Crippen LogP contribution < -0.4 is 4.74 Å². The summed E-state index contributed by atoms with van der Waals surface area (Å²) in [4.78, 5) is 25.6. The van der Waals surface area contributed by atoms with Crippen molar-refractivity contribution in [2.75, 3.05) is 26.3 Å². The van der Waals surface area contributed by atoms with Crippen molar-refractivity contribution in [1.82, 2.24) is 4.90 Å². The van der Waals surface area contributed by atoms with E-state index in [0.29, 0.717) is 36.4 Å². The highest BCUT2D eigenvalue weighted by Crippen LogP contribution is 2.15. The van der Waals surface area contributed by atoms with Crippen LogP contribution in [0.15, 0.2) is 24.3 Å². The van der Waals surface area contributed by atoms with Crippen molar-refractivity contribution in [3.05, 3.63) is 29.3 Å². The molecule has 0 radical (unpaired) electrons. The van der Waals surface area contributed by atoms with Crippen LogP contribution in [0.2, 0.25) is 5.02 Å². The van der Waals surface area contributed by atoms with Crippen molar-refractivity contribution in [1.29, 1.82) is 0 Å². The predicted molar refractivity (Wildman–Crippen MR) is 94.2 cm³/mol. The summed E-state index contributed by atoms with van der Waals surface area (Å²) in [6.45, 7) is 7.17. The first-order valence-electron chi connectivity index (χ1n) is 8.24. The third kappa shape index (κ3) is 8.20. The van der Waals surface area contributed by atoms with Gasteiger partial charge in [-0.3, -0.25) is 9.59 Å². The van der Waals surface area contributed by atoms with E-state index in [9.17, 15) is 9.59 Å². The Hall–Kier alpha value is -1.75. The van der Waals surface area contributed by atoms with Gasteiger partial charge in [-0.2, -0.15) is 0 Å². The Balaban J connectivity index is 2.54. The number of amides is 1. The molecule has 5 nitrogen and oxygen atoms in total. The fourth-order valence-corrected chi connectivity index (χ4v) is 2.13. The molecule has 0 aliphatic carbocycles. The van der Waals surface area contributed by atoms with Gasteiger partial charge in [0.2, 0.25) is 0 Å². The molecule has 0 aliphatic rings. The van der Waals surface area contributed by atoms with Crippen LogP contribution in [0.5, 0.6) is 5.75 Å². The number of nitrogens with zero attached hydrogens (tertiary/aromatic N) is 1. The zero-order chi connectivity index (χ0) is 17.9. The summed E-state index contributed by atoms with van der Waals surface area (Å²) in [7, 11) is 0. The van der Waals surface area contributed by atoms with E-state index in [1.54, 1.807) is 36.1 Å². The zero-order valence-corrected chi connectivity index (χ0v) is 15.3. The molecule has 0 atom stereocenters. The molecule has 6 heteroatoms. The number of esters is 1. The molecular weight excluding hydrogens is 330 g/mol. The third-order valence-electron chi connectivity index (χ3n) is 3.40. The van der Waals surface area contributed by atoms with E-state index in [4.69, 9.17) is 21.1 Å². The van der Waals surface area contributed by atoms with Crippen molar-refractivity contribution in [3.8, 4) is 5.75 Å². The standard InChI is InChI=1S/C18H26ClNO4/c1-4-23-18(22)10-12-20(11-9-14(2)3)17(21)13-24-16-7-5-15(19)6-8-16/h5-8,14H,4,9-13H2,1-3H3. The molecule has 1 aromatic rings. The Labute approximate surface area is 148 Å². The molecule has 134 valence electrons. The molecule has 0 N–H and O–H groups in total. The fourth-order valence-electron chi connectivity index (χ4n) is 2.00. The molecule has 1 rings (SSSR count). The third-order valence-corrected chi connectivity index (χ3v) is 3.65. The lowest BCUT2D eigenvalue weighted by molar-refractivity contribution is -0.144. The first kappa shape index (κ1) is 20.3. The molecule has 0 aliphatic heterocycles. The fraction of sp³-hybridized carbons (Fsp3) is 0.556. The van der Waals surface area contributed by atoms with E-state index >= 15 is 0 Å². The summed E-state index contributed by atoms with van der Waals surface area (Å²) in [5, 5.41) is 0.613. The molecule has 0 heterocycles. The maximum atomic E-state index is 12.4. The van der Waals surface area contributed by atoms with Gasteiger partial charge in [0.15, 0.2) is 6.61 Å². The van der Waals surface area contributed by atoms with Crippen LogP contribution in [0.25, 0.3) is 0 Å². The van der Waals surface area contributed by atoms with Crippen molar-refractivity contribution in [2.45, 2.75) is 33.6 Å². The number of rotatable bonds is 10. The minimum atomic E-state index is -0.293. The molecule has 0 spiro atoms. The van der Waals surface area contributed by atoms with Crippen LogP contribution in [0.4, 0.5) is 0 Å². The summed E-state index contributed by atoms with van der Waals surface area (Å²) in [5.74, 6) is 0.621. The lowest BCUT2D eigenvalue weighted by Crippen LogP contribution is -2.37. The highest BCUT2D eigenvalue weighted by Gasteiger charge is 2.16. The SMILES string of the molecule is CCOC(=O)CCN(CCC(C)C)C(=O)COc1ccc(Cl)cc1. The highest BCUT2D eigenvalue weighted by molar-refractivity contribution is 6.30. The summed E-state index contributed by atoms with van der Waals surface area (Å²) in [6.07, 6.45) is 1.06. The first-order valence-corrected chi connectivity index (χ1v) is 8.62. The van der Waals surface area contributed by atoms with Crippen molar-refractivity contribution >= 4 is 23.5 Å². The molecule has 1 amide bonds. The lowest BCUT2D eigenvalue weighted by atomic mass is 10.1. The second-order valence-electron chi connectivity index (χ2n) is 5.86. The van der Waals surface area contributed by atoms with E-state index < -0.39 is 0 Å². The van der Waals surface area contributed by atoms with Crippen LogP contribution in [0.1, 0.15) is 33.6 Å². The van der Waals surface area contributed by atoms with Crippen LogP contribution in [0.3, 0.4) is 0 Å². The molecular formula is C18H26ClNO4. The van der Waals surface area contributed by atoms with Gasteiger partial charge in [0.05, 0.1) is 13.0 Å². The zero-order valence-electron chi connectivity index (χ0n) is 14.6. The van der Waals surface area contributed by atoms with Gasteiger partial charge in [0, 0.05) is 18.1 Å². The topological polar surface area (TPSA) is 55.8 Å². The Morgan fingerprint density at radius 1 is 1.17 bits per heavy atom. The number of ether oxygens (including phenoxy) is 2. The van der Waals surface area contributed by atoms with Gasteiger partial charge in [0.1, 0.15) is 5.75 Å². The molecule has 0 aromatic heterocycles. The molecule has 0 saturated heterocycles. The number of carbonyl (C=O) groups is 2. The summed E-state index contributed by atoms with van der Waals surface area (Å²) in [6, 6.07) is 6.84. The number of benzene rings is 1. The summed E-state index contributed by atoms with van der Waals surface area (Å²) in [5.41, 5.74) is 0. The molecule has 24 heavy (non-hydrogen) atoms. The Bertz CT molecular complexity index is 516. The largest absolute Gasteiger partial charge is 0.484 e. The molecule has 0 fully saturated rings. The van der Waals surface area contributed by atoms with E-state index in [-0.39, 0.29) is 24.9 Å². The minimum Gasteiger partial charge on any atom is -0.484 e. The Morgan fingerprint density at radius 2 is 1.83 bits per heavy atom. The smallest absolute Gasteiger partial charge is 0.307 e. The van der Waals surface area contributed by atoms with Crippen molar-refractivity contribution in [2.24, 2.45) is 5.92 Å². The van der Waals surface area contributed by atoms with Gasteiger partial charge in [-0.1, -0.05) is 25.4 Å². The average Bonchev–Trinajstić information content (AvgIpc) is 2.54. The Kier molecular flexibility index (Phi) is 9.23. The normalized spacial score (nSPS) is 10.5. The van der Waals surface area contributed by atoms with Gasteiger partial charge in [-0.15, -0.1) is 0 Å². The van der Waals surface area contributed by atoms with Crippen molar-refractivity contribution < 1.29 is 19.1 Å². The van der Waals surface area contributed by atoms with E-state index in [1.165, 1.54) is 0 Å². The second-order valence-corrected chi connectivity index (χ2v) is 6.30. The van der Waals surface area contributed by atoms with Crippen LogP contribution in [-0.4, -0.2) is 43.1 Å². The van der Waals surface area contributed by atoms with Gasteiger partial charge in [-0.05, 0) is 43.5 Å². The van der Waals surface area contributed by atoms with Gasteiger partial charge in [-0.25, -0.2) is 0 Å². The minimum absolute atomic E-state index is 0.0669. The maximum Gasteiger partial charge on any atom is 0.307 e. The summed E-state index contributed by atoms with van der Waals surface area (Å²) >= 11 is 5.82. The predicted octanol–water partition coefficient (Wildman–Crippen LogP) is 3.55. The number of carbonyl (C=O) groups excluding carboxylic acids is 2. The lowest BCUT2D eigenvalue weighted by Gasteiger charge is -2.23. The molecule has 1 aromatic carbocycles. The van der Waals surface area contributed by atoms with E-state index in [2.05, 4.69) is 13.8 Å². The monoisotopic (exact) mass is 355 g/mol. The highest BCUT2D eigenvalue weighted by atomic mass is 35.5. The van der Waals surface area contributed by atoms with E-state index in [0.717, 1.165) is 6.42 Å². The van der Waals surface area contributed by atoms with Crippen molar-refractivity contribution in [3.63, 3.8) is 0 Å². The van der Waals surface area contributed by atoms with Gasteiger partial charge >= 0.3 is 5.97 Å². The van der Waals surface area contributed by atoms with Crippen LogP contribution in [-0.2, 0) is 14.3 Å². The number of hydrogen-bond donors (Lipinski definition) is 0. The molecule has 0 bridgehead atoms. The summed E-state index contributed by atoms with van der Waals surface area (Å²) < 4.78 is 10.4. The number of halogens is 1. The van der Waals surface area contributed by atoms with Crippen LogP contribution in [0, 0.1) is 5.92 Å². The van der Waals surface area contributed by atoms with Gasteiger partial charge in [0.25, 0.3) is 5.91 Å². The molecule has 0 saturated carbocycles. The maximum absolute atomic E-state index is 12.4. The second kappa shape index (κ2) is 10.9. The first-order chi connectivity index (χ1) is 11.4. The quantitative estimate of drug-likeness (QED) is 0.602. The van der Waals surface area contributed by atoms with Gasteiger partial charge < -0.3 is 14.4 Å². The Morgan fingerprint density at radius 3 is 2.42 bits per heavy atom.